The lowest BCUT2D eigenvalue weighted by molar-refractivity contribution is 0.668. The van der Waals surface area contributed by atoms with Gasteiger partial charge in [0, 0.05) is 38.9 Å². The Kier molecular flexibility index (Phi) is 4.74. The zero-order valence-corrected chi connectivity index (χ0v) is 21.4. The molecule has 39 heavy (non-hydrogen) atoms. The molecule has 184 valence electrons. The molecule has 0 amide bonds. The summed E-state index contributed by atoms with van der Waals surface area (Å²) in [5.74, 6) is 0. The second-order valence-corrected chi connectivity index (χ2v) is 10.0. The van der Waals surface area contributed by atoms with Crippen LogP contribution in [0.15, 0.2) is 132 Å². The number of para-hydroxylation sites is 3. The lowest BCUT2D eigenvalue weighted by atomic mass is 9.92. The van der Waals surface area contributed by atoms with Crippen molar-refractivity contribution in [1.82, 2.24) is 9.55 Å². The fourth-order valence-corrected chi connectivity index (χ4v) is 6.12. The molecule has 0 fully saturated rings. The number of hydrogen-bond donors (Lipinski definition) is 0. The van der Waals surface area contributed by atoms with Crippen molar-refractivity contribution in [3.63, 3.8) is 0 Å². The molecular weight excluding hydrogens is 476 g/mol. The number of pyridine rings is 1. The SMILES string of the molecule is Cc1cccc(-n2c3ccccc3c3ccccc32)c1-c1ccccc1-c1nccc2c1oc1ccccc12. The number of rotatable bonds is 3. The van der Waals surface area contributed by atoms with Crippen molar-refractivity contribution in [2.24, 2.45) is 0 Å². The fourth-order valence-electron chi connectivity index (χ4n) is 6.12. The van der Waals surface area contributed by atoms with E-state index in [1.807, 2.05) is 24.4 Å². The molecule has 0 saturated carbocycles. The predicted molar refractivity (Wildman–Crippen MR) is 161 cm³/mol. The van der Waals surface area contributed by atoms with E-state index >= 15 is 0 Å². The number of aryl methyl sites for hydroxylation is 1. The standard InChI is InChI=1S/C36H24N2O/c1-23-11-10-19-32(38-30-17-7-4-12-24(30)25-13-5-8-18-31(25)38)34(23)27-15-2-3-16-28(27)35-36-29(21-22-37-35)26-14-6-9-20-33(26)39-36/h2-22H,1H3. The largest absolute Gasteiger partial charge is 0.454 e. The van der Waals surface area contributed by atoms with Gasteiger partial charge in [0.05, 0.1) is 16.7 Å². The number of benzene rings is 5. The van der Waals surface area contributed by atoms with Gasteiger partial charge < -0.3 is 8.98 Å². The van der Waals surface area contributed by atoms with Crippen molar-refractivity contribution in [2.75, 3.05) is 0 Å². The van der Waals surface area contributed by atoms with Gasteiger partial charge in [0.1, 0.15) is 11.3 Å². The quantitative estimate of drug-likeness (QED) is 0.242. The first kappa shape index (κ1) is 21.9. The third-order valence-electron chi connectivity index (χ3n) is 7.82. The van der Waals surface area contributed by atoms with Crippen LogP contribution in [0.4, 0.5) is 0 Å². The summed E-state index contributed by atoms with van der Waals surface area (Å²) in [6.45, 7) is 2.19. The Labute approximate surface area is 225 Å². The highest BCUT2D eigenvalue weighted by Gasteiger charge is 2.21. The summed E-state index contributed by atoms with van der Waals surface area (Å²) in [7, 11) is 0. The van der Waals surface area contributed by atoms with Crippen LogP contribution in [-0.2, 0) is 0 Å². The highest BCUT2D eigenvalue weighted by molar-refractivity contribution is 6.11. The van der Waals surface area contributed by atoms with Crippen LogP contribution in [0.25, 0.3) is 71.8 Å². The second-order valence-electron chi connectivity index (χ2n) is 10.0. The molecule has 0 unspecified atom stereocenters. The zero-order valence-electron chi connectivity index (χ0n) is 21.4. The summed E-state index contributed by atoms with van der Waals surface area (Å²) < 4.78 is 8.81. The first-order chi connectivity index (χ1) is 19.3. The zero-order chi connectivity index (χ0) is 25.9. The number of fused-ring (bicyclic) bond motifs is 6. The molecule has 0 saturated heterocycles. The van der Waals surface area contributed by atoms with Gasteiger partial charge in [0.25, 0.3) is 0 Å². The van der Waals surface area contributed by atoms with Crippen molar-refractivity contribution in [3.8, 4) is 28.1 Å². The van der Waals surface area contributed by atoms with Crippen molar-refractivity contribution >= 4 is 43.7 Å². The van der Waals surface area contributed by atoms with Gasteiger partial charge in [-0.2, -0.15) is 0 Å². The second kappa shape index (κ2) is 8.44. The van der Waals surface area contributed by atoms with Gasteiger partial charge in [-0.3, -0.25) is 4.98 Å². The average molecular weight is 501 g/mol. The molecular formula is C36H24N2O. The summed E-state index contributed by atoms with van der Waals surface area (Å²) in [6, 6.07) is 42.7. The van der Waals surface area contributed by atoms with Crippen LogP contribution in [0.5, 0.6) is 0 Å². The Morgan fingerprint density at radius 3 is 1.97 bits per heavy atom. The lowest BCUT2D eigenvalue weighted by Gasteiger charge is -2.19. The van der Waals surface area contributed by atoms with Crippen molar-refractivity contribution in [1.29, 1.82) is 0 Å². The molecule has 3 nitrogen and oxygen atoms in total. The highest BCUT2D eigenvalue weighted by Crippen LogP contribution is 2.43. The average Bonchev–Trinajstić information content (AvgIpc) is 3.53. The highest BCUT2D eigenvalue weighted by atomic mass is 16.3. The van der Waals surface area contributed by atoms with Gasteiger partial charge in [-0.1, -0.05) is 91.0 Å². The van der Waals surface area contributed by atoms with Crippen molar-refractivity contribution < 1.29 is 4.42 Å². The van der Waals surface area contributed by atoms with Crippen LogP contribution in [0.3, 0.4) is 0 Å². The van der Waals surface area contributed by atoms with Gasteiger partial charge in [0.2, 0.25) is 0 Å². The molecule has 0 bridgehead atoms. The maximum atomic E-state index is 6.41. The molecule has 3 aromatic heterocycles. The molecule has 0 atom stereocenters. The van der Waals surface area contributed by atoms with E-state index in [2.05, 4.69) is 115 Å². The van der Waals surface area contributed by atoms with E-state index in [1.165, 1.54) is 32.9 Å². The van der Waals surface area contributed by atoms with Crippen molar-refractivity contribution in [3.05, 3.63) is 133 Å². The molecule has 0 aliphatic heterocycles. The van der Waals surface area contributed by atoms with Gasteiger partial charge in [-0.25, -0.2) is 0 Å². The normalized spacial score (nSPS) is 11.7. The summed E-state index contributed by atoms with van der Waals surface area (Å²) in [4.78, 5) is 4.88. The first-order valence-corrected chi connectivity index (χ1v) is 13.2. The molecule has 0 N–H and O–H groups in total. The number of nitrogens with zero attached hydrogens (tertiary/aromatic N) is 2. The molecule has 8 aromatic rings. The molecule has 0 radical (unpaired) electrons. The Morgan fingerprint density at radius 2 is 1.21 bits per heavy atom. The summed E-state index contributed by atoms with van der Waals surface area (Å²) >= 11 is 0. The smallest absolute Gasteiger partial charge is 0.161 e. The van der Waals surface area contributed by atoms with E-state index in [0.29, 0.717) is 0 Å². The Hall–Kier alpha value is -5.15. The van der Waals surface area contributed by atoms with E-state index in [4.69, 9.17) is 9.40 Å². The molecule has 3 heterocycles. The third-order valence-corrected chi connectivity index (χ3v) is 7.82. The van der Waals surface area contributed by atoms with Gasteiger partial charge >= 0.3 is 0 Å². The molecule has 5 aromatic carbocycles. The molecule has 0 spiro atoms. The minimum atomic E-state index is 0.818. The van der Waals surface area contributed by atoms with Crippen LogP contribution in [0, 0.1) is 6.92 Å². The fraction of sp³-hybridized carbons (Fsp3) is 0.0278. The van der Waals surface area contributed by atoms with E-state index in [0.717, 1.165) is 44.4 Å². The van der Waals surface area contributed by atoms with E-state index in [-0.39, 0.29) is 0 Å². The third kappa shape index (κ3) is 3.20. The van der Waals surface area contributed by atoms with Crippen LogP contribution < -0.4 is 0 Å². The maximum Gasteiger partial charge on any atom is 0.161 e. The van der Waals surface area contributed by atoms with Crippen LogP contribution in [0.1, 0.15) is 5.56 Å². The Balaban J connectivity index is 1.45. The topological polar surface area (TPSA) is 31.0 Å². The summed E-state index contributed by atoms with van der Waals surface area (Å²) in [5, 5.41) is 4.69. The summed E-state index contributed by atoms with van der Waals surface area (Å²) in [5.41, 5.74) is 10.7. The monoisotopic (exact) mass is 500 g/mol. The van der Waals surface area contributed by atoms with E-state index in [1.54, 1.807) is 0 Å². The first-order valence-electron chi connectivity index (χ1n) is 13.2. The van der Waals surface area contributed by atoms with Crippen LogP contribution in [-0.4, -0.2) is 9.55 Å². The van der Waals surface area contributed by atoms with Gasteiger partial charge in [0.15, 0.2) is 5.58 Å². The molecule has 3 heteroatoms. The molecule has 0 aliphatic carbocycles. The lowest BCUT2D eigenvalue weighted by Crippen LogP contribution is -2.00. The number of aromatic nitrogens is 2. The Bertz CT molecular complexity index is 2140. The van der Waals surface area contributed by atoms with Gasteiger partial charge in [-0.05, 0) is 48.4 Å². The maximum absolute atomic E-state index is 6.41. The Morgan fingerprint density at radius 1 is 0.564 bits per heavy atom. The predicted octanol–water partition coefficient (Wildman–Crippen LogP) is 9.72. The van der Waals surface area contributed by atoms with E-state index in [9.17, 15) is 0 Å². The summed E-state index contributed by atoms with van der Waals surface area (Å²) in [6.07, 6.45) is 1.89. The minimum absolute atomic E-state index is 0.818. The van der Waals surface area contributed by atoms with Crippen molar-refractivity contribution in [2.45, 2.75) is 6.92 Å². The van der Waals surface area contributed by atoms with Gasteiger partial charge in [-0.15, -0.1) is 0 Å². The minimum Gasteiger partial charge on any atom is -0.454 e. The molecule has 0 aliphatic rings. The van der Waals surface area contributed by atoms with E-state index < -0.39 is 0 Å². The molecule has 8 rings (SSSR count). The number of hydrogen-bond acceptors (Lipinski definition) is 2. The van der Waals surface area contributed by atoms with Crippen LogP contribution in [0.2, 0.25) is 0 Å². The van der Waals surface area contributed by atoms with Crippen LogP contribution >= 0.6 is 0 Å². The number of furan rings is 1.